The molecule has 0 saturated heterocycles. The molecule has 82 valence electrons. The van der Waals surface area contributed by atoms with Crippen LogP contribution in [0.1, 0.15) is 6.42 Å². The summed E-state index contributed by atoms with van der Waals surface area (Å²) in [6.07, 6.45) is 3.19. The molecule has 1 amide bonds. The highest BCUT2D eigenvalue weighted by atomic mass is 16.4. The summed E-state index contributed by atoms with van der Waals surface area (Å²) in [6, 6.07) is 4.55. The van der Waals surface area contributed by atoms with Crippen LogP contribution in [-0.4, -0.2) is 28.0 Å². The first-order valence-corrected chi connectivity index (χ1v) is 4.15. The molecule has 1 rings (SSSR count). The van der Waals surface area contributed by atoms with Crippen molar-refractivity contribution in [2.24, 2.45) is 11.5 Å². The third-order valence-corrected chi connectivity index (χ3v) is 1.30. The van der Waals surface area contributed by atoms with Gasteiger partial charge in [0, 0.05) is 12.4 Å². The number of carboxylic acid groups (broad SMARTS) is 1. The van der Waals surface area contributed by atoms with E-state index in [2.05, 4.69) is 10.7 Å². The Hall–Kier alpha value is -1.95. The lowest BCUT2D eigenvalue weighted by Crippen LogP contribution is -2.34. The van der Waals surface area contributed by atoms with E-state index >= 15 is 0 Å². The molecule has 6 heteroatoms. The van der Waals surface area contributed by atoms with Crippen molar-refractivity contribution < 1.29 is 14.7 Å². The van der Waals surface area contributed by atoms with Crippen LogP contribution in [0.25, 0.3) is 0 Å². The Morgan fingerprint density at radius 3 is 1.93 bits per heavy atom. The minimum atomic E-state index is -1.21. The van der Waals surface area contributed by atoms with Gasteiger partial charge in [-0.1, -0.05) is 6.07 Å². The van der Waals surface area contributed by atoms with E-state index in [-0.39, 0.29) is 6.42 Å². The number of aliphatic carboxylic acids is 1. The normalized spacial score (nSPS) is 10.7. The number of carboxylic acids is 1. The van der Waals surface area contributed by atoms with Gasteiger partial charge in [-0.15, -0.1) is 0 Å². The lowest BCUT2D eigenvalue weighted by Gasteiger charge is -1.99. The van der Waals surface area contributed by atoms with E-state index in [0.29, 0.717) is 0 Å². The highest BCUT2D eigenvalue weighted by Gasteiger charge is 2.13. The molecule has 0 aliphatic carbocycles. The van der Waals surface area contributed by atoms with Gasteiger partial charge in [0.15, 0.2) is 0 Å². The molecule has 15 heavy (non-hydrogen) atoms. The van der Waals surface area contributed by atoms with Gasteiger partial charge >= 0.3 is 5.97 Å². The van der Waals surface area contributed by atoms with Crippen LogP contribution in [0.2, 0.25) is 0 Å². The number of pyridine rings is 1. The smallest absolute Gasteiger partial charge is 0.321 e. The summed E-state index contributed by atoms with van der Waals surface area (Å²) in [5, 5.41) is 8.10. The number of hydrogen-bond acceptors (Lipinski definition) is 4. The summed E-state index contributed by atoms with van der Waals surface area (Å²) in [6.45, 7) is 0. The molecule has 6 nitrogen and oxygen atoms in total. The van der Waals surface area contributed by atoms with Crippen molar-refractivity contribution in [3.05, 3.63) is 30.6 Å². The standard InChI is InChI=1S/C5H5N.C4H8N2O3/c1-2-4-6-5-3-1;5-2(4(8)9)1-3(6)7/h1-5H;2H,1,5H2,(H2,6,7)(H,8,9). The number of carbonyl (C=O) groups excluding carboxylic acids is 1. The maximum atomic E-state index is 9.99. The SMILES string of the molecule is NC(=O)CC(N)C(=O)O.c1ccncc1. The molecular formula is C9H13N3O3. The minimum absolute atomic E-state index is 0.310. The largest absolute Gasteiger partial charge is 0.480 e. The van der Waals surface area contributed by atoms with Gasteiger partial charge in [-0.05, 0) is 12.1 Å². The second-order valence-electron chi connectivity index (χ2n) is 2.64. The predicted molar refractivity (Wildman–Crippen MR) is 53.7 cm³/mol. The van der Waals surface area contributed by atoms with Gasteiger partial charge in [-0.2, -0.15) is 0 Å². The molecule has 0 bridgehead atoms. The van der Waals surface area contributed by atoms with Gasteiger partial charge in [0.25, 0.3) is 0 Å². The molecule has 0 radical (unpaired) electrons. The van der Waals surface area contributed by atoms with Gasteiger partial charge in [0.2, 0.25) is 5.91 Å². The number of primary amides is 1. The van der Waals surface area contributed by atoms with E-state index in [1.54, 1.807) is 12.4 Å². The van der Waals surface area contributed by atoms with Gasteiger partial charge in [0.05, 0.1) is 6.42 Å². The quantitative estimate of drug-likeness (QED) is 0.614. The molecule has 0 spiro atoms. The number of hydrogen-bond donors (Lipinski definition) is 3. The number of amides is 1. The minimum Gasteiger partial charge on any atom is -0.480 e. The summed E-state index contributed by atoms with van der Waals surface area (Å²) in [7, 11) is 0. The fourth-order valence-corrected chi connectivity index (χ4v) is 0.617. The van der Waals surface area contributed by atoms with Crippen LogP contribution >= 0.6 is 0 Å². The first-order valence-electron chi connectivity index (χ1n) is 4.15. The highest BCUT2D eigenvalue weighted by Crippen LogP contribution is 1.84. The molecule has 0 aromatic carbocycles. The predicted octanol–water partition coefficient (Wildman–Crippen LogP) is -0.645. The summed E-state index contributed by atoms with van der Waals surface area (Å²) in [4.78, 5) is 23.7. The van der Waals surface area contributed by atoms with Gasteiger partial charge in [0.1, 0.15) is 6.04 Å². The van der Waals surface area contributed by atoms with Crippen LogP contribution < -0.4 is 11.5 Å². The van der Waals surface area contributed by atoms with Gasteiger partial charge < -0.3 is 16.6 Å². The Bertz CT molecular complexity index is 276. The fraction of sp³-hybridized carbons (Fsp3) is 0.222. The van der Waals surface area contributed by atoms with Crippen molar-refractivity contribution in [1.29, 1.82) is 0 Å². The van der Waals surface area contributed by atoms with E-state index in [4.69, 9.17) is 10.8 Å². The average molecular weight is 211 g/mol. The molecule has 1 unspecified atom stereocenters. The summed E-state index contributed by atoms with van der Waals surface area (Å²) in [5.41, 5.74) is 9.57. The third kappa shape index (κ3) is 8.38. The van der Waals surface area contributed by atoms with Crippen molar-refractivity contribution in [3.63, 3.8) is 0 Å². The van der Waals surface area contributed by atoms with Gasteiger partial charge in [-0.25, -0.2) is 0 Å². The van der Waals surface area contributed by atoms with Crippen molar-refractivity contribution in [1.82, 2.24) is 4.98 Å². The number of rotatable bonds is 3. The van der Waals surface area contributed by atoms with Crippen molar-refractivity contribution in [3.8, 4) is 0 Å². The monoisotopic (exact) mass is 211 g/mol. The van der Waals surface area contributed by atoms with Crippen LogP contribution in [0.15, 0.2) is 30.6 Å². The average Bonchev–Trinajstić information content (AvgIpc) is 2.20. The highest BCUT2D eigenvalue weighted by molar-refractivity contribution is 5.83. The molecule has 1 atom stereocenters. The molecule has 5 N–H and O–H groups in total. The zero-order valence-electron chi connectivity index (χ0n) is 8.04. The van der Waals surface area contributed by atoms with Crippen molar-refractivity contribution in [2.45, 2.75) is 12.5 Å². The second kappa shape index (κ2) is 7.45. The Morgan fingerprint density at radius 1 is 1.27 bits per heavy atom. The number of nitrogens with zero attached hydrogens (tertiary/aromatic N) is 1. The molecule has 0 aliphatic heterocycles. The molecule has 1 aromatic heterocycles. The third-order valence-electron chi connectivity index (χ3n) is 1.30. The molecule has 0 saturated carbocycles. The first-order chi connectivity index (χ1) is 7.04. The zero-order valence-corrected chi connectivity index (χ0v) is 8.04. The van der Waals surface area contributed by atoms with Crippen LogP contribution in [0, 0.1) is 0 Å². The number of carbonyl (C=O) groups is 2. The molecule has 0 aliphatic rings. The van der Waals surface area contributed by atoms with Crippen molar-refractivity contribution >= 4 is 11.9 Å². The lowest BCUT2D eigenvalue weighted by molar-refractivity contribution is -0.140. The Balaban J connectivity index is 0.000000280. The maximum absolute atomic E-state index is 9.99. The van der Waals surface area contributed by atoms with E-state index in [9.17, 15) is 9.59 Å². The Morgan fingerprint density at radius 2 is 1.80 bits per heavy atom. The number of nitrogens with two attached hydrogens (primary N) is 2. The summed E-state index contributed by atoms with van der Waals surface area (Å²) in [5.74, 6) is -1.92. The Kier molecular flexibility index (Phi) is 6.48. The summed E-state index contributed by atoms with van der Waals surface area (Å²) >= 11 is 0. The molecule has 1 aromatic rings. The topological polar surface area (TPSA) is 119 Å². The van der Waals surface area contributed by atoms with E-state index in [1.165, 1.54) is 0 Å². The second-order valence-corrected chi connectivity index (χ2v) is 2.64. The fourth-order valence-electron chi connectivity index (χ4n) is 0.617. The molecular weight excluding hydrogens is 198 g/mol. The van der Waals surface area contributed by atoms with Crippen LogP contribution in [0.3, 0.4) is 0 Å². The number of aromatic nitrogens is 1. The lowest BCUT2D eigenvalue weighted by atomic mass is 10.2. The Labute approximate surface area is 86.9 Å². The van der Waals surface area contributed by atoms with E-state index < -0.39 is 17.9 Å². The first kappa shape index (κ1) is 13.1. The molecule has 0 fully saturated rings. The molecule has 1 heterocycles. The van der Waals surface area contributed by atoms with Gasteiger partial charge in [-0.3, -0.25) is 14.6 Å². The maximum Gasteiger partial charge on any atom is 0.321 e. The van der Waals surface area contributed by atoms with E-state index in [1.807, 2.05) is 18.2 Å². The van der Waals surface area contributed by atoms with E-state index in [0.717, 1.165) is 0 Å². The summed E-state index contributed by atoms with van der Waals surface area (Å²) < 4.78 is 0. The zero-order chi connectivity index (χ0) is 11.7. The van der Waals surface area contributed by atoms with Crippen LogP contribution in [0.4, 0.5) is 0 Å². The van der Waals surface area contributed by atoms with Crippen LogP contribution in [-0.2, 0) is 9.59 Å². The van der Waals surface area contributed by atoms with Crippen LogP contribution in [0.5, 0.6) is 0 Å². The van der Waals surface area contributed by atoms with Crippen molar-refractivity contribution in [2.75, 3.05) is 0 Å².